The summed E-state index contributed by atoms with van der Waals surface area (Å²) in [6, 6.07) is 3.69. The average Bonchev–Trinajstić information content (AvgIpc) is 2.40. The molecule has 0 aromatic heterocycles. The standard InChI is InChI=1S/C14H15ClN2O3/c1-3-7-17(8-4-2)14(20)16-12-9-10(13(18)19)5-6-11(12)15/h1,5-6,9H,4,7-8H2,2H3,(H,16,20)(H,18,19). The van der Waals surface area contributed by atoms with Crippen LogP contribution >= 0.6 is 11.6 Å². The van der Waals surface area contributed by atoms with E-state index < -0.39 is 12.0 Å². The van der Waals surface area contributed by atoms with E-state index in [0.717, 1.165) is 6.42 Å². The summed E-state index contributed by atoms with van der Waals surface area (Å²) in [5.41, 5.74) is 0.290. The fraction of sp³-hybridized carbons (Fsp3) is 0.286. The molecule has 0 heterocycles. The number of carboxylic acid groups (broad SMARTS) is 1. The van der Waals surface area contributed by atoms with E-state index in [1.165, 1.54) is 23.1 Å². The number of urea groups is 1. The number of carboxylic acids is 1. The van der Waals surface area contributed by atoms with Crippen LogP contribution in [-0.4, -0.2) is 35.1 Å². The van der Waals surface area contributed by atoms with Crippen molar-refractivity contribution in [3.63, 3.8) is 0 Å². The van der Waals surface area contributed by atoms with Gasteiger partial charge in [0, 0.05) is 6.54 Å². The third-order valence-corrected chi connectivity index (χ3v) is 2.85. The highest BCUT2D eigenvalue weighted by Crippen LogP contribution is 2.23. The Bertz CT molecular complexity index is 552. The zero-order valence-electron chi connectivity index (χ0n) is 11.0. The van der Waals surface area contributed by atoms with Gasteiger partial charge in [-0.1, -0.05) is 24.4 Å². The maximum atomic E-state index is 12.0. The Morgan fingerprint density at radius 1 is 1.50 bits per heavy atom. The van der Waals surface area contributed by atoms with Gasteiger partial charge in [0.15, 0.2) is 0 Å². The highest BCUT2D eigenvalue weighted by atomic mass is 35.5. The number of carbonyl (C=O) groups excluding carboxylic acids is 1. The van der Waals surface area contributed by atoms with Crippen molar-refractivity contribution < 1.29 is 14.7 Å². The number of terminal acetylenes is 1. The summed E-state index contributed by atoms with van der Waals surface area (Å²) < 4.78 is 0. The molecule has 0 spiro atoms. The maximum Gasteiger partial charge on any atom is 0.335 e. The SMILES string of the molecule is C#CCN(CCC)C(=O)Nc1cc(C(=O)O)ccc1Cl. The minimum Gasteiger partial charge on any atom is -0.478 e. The zero-order valence-corrected chi connectivity index (χ0v) is 11.8. The summed E-state index contributed by atoms with van der Waals surface area (Å²) in [6.07, 6.45) is 5.97. The number of hydrogen-bond donors (Lipinski definition) is 2. The van der Waals surface area contributed by atoms with E-state index >= 15 is 0 Å². The molecule has 0 aliphatic carbocycles. The van der Waals surface area contributed by atoms with Gasteiger partial charge < -0.3 is 15.3 Å². The Labute approximate surface area is 122 Å². The highest BCUT2D eigenvalue weighted by molar-refractivity contribution is 6.33. The summed E-state index contributed by atoms with van der Waals surface area (Å²) >= 11 is 5.94. The largest absolute Gasteiger partial charge is 0.478 e. The number of nitrogens with one attached hydrogen (secondary N) is 1. The molecule has 0 saturated carbocycles. The molecule has 20 heavy (non-hydrogen) atoms. The minimum absolute atomic E-state index is 0.0451. The molecule has 6 heteroatoms. The number of hydrogen-bond acceptors (Lipinski definition) is 2. The topological polar surface area (TPSA) is 69.6 Å². The normalized spacial score (nSPS) is 9.65. The van der Waals surface area contributed by atoms with E-state index in [9.17, 15) is 9.59 Å². The predicted octanol–water partition coefficient (Wildman–Crippen LogP) is 2.92. The van der Waals surface area contributed by atoms with Crippen LogP contribution in [0.4, 0.5) is 10.5 Å². The van der Waals surface area contributed by atoms with E-state index in [1.807, 2.05) is 6.92 Å². The smallest absolute Gasteiger partial charge is 0.335 e. The van der Waals surface area contributed by atoms with E-state index in [-0.39, 0.29) is 22.8 Å². The monoisotopic (exact) mass is 294 g/mol. The summed E-state index contributed by atoms with van der Waals surface area (Å²) in [4.78, 5) is 24.4. The first-order valence-electron chi connectivity index (χ1n) is 6.01. The van der Waals surface area contributed by atoms with Crippen LogP contribution < -0.4 is 5.32 Å². The molecule has 1 rings (SSSR count). The second kappa shape index (κ2) is 7.41. The van der Waals surface area contributed by atoms with Crippen molar-refractivity contribution in [1.82, 2.24) is 4.90 Å². The lowest BCUT2D eigenvalue weighted by Gasteiger charge is -2.20. The fourth-order valence-corrected chi connectivity index (χ4v) is 1.75. The molecule has 5 nitrogen and oxygen atoms in total. The lowest BCUT2D eigenvalue weighted by Crippen LogP contribution is -2.36. The summed E-state index contributed by atoms with van der Waals surface area (Å²) in [5, 5.41) is 11.8. The Morgan fingerprint density at radius 2 is 2.20 bits per heavy atom. The number of aromatic carboxylic acids is 1. The molecule has 0 fully saturated rings. The third kappa shape index (κ3) is 4.18. The van der Waals surface area contributed by atoms with Crippen molar-refractivity contribution in [2.45, 2.75) is 13.3 Å². The van der Waals surface area contributed by atoms with Crippen molar-refractivity contribution >= 4 is 29.3 Å². The molecule has 2 amide bonds. The van der Waals surface area contributed by atoms with Gasteiger partial charge in [-0.15, -0.1) is 6.42 Å². The lowest BCUT2D eigenvalue weighted by atomic mass is 10.2. The molecule has 0 saturated heterocycles. The zero-order chi connectivity index (χ0) is 15.1. The Kier molecular flexibility index (Phi) is 5.88. The van der Waals surface area contributed by atoms with Crippen LogP contribution in [0.1, 0.15) is 23.7 Å². The van der Waals surface area contributed by atoms with Crippen LogP contribution in [0.15, 0.2) is 18.2 Å². The second-order valence-electron chi connectivity index (χ2n) is 4.06. The predicted molar refractivity (Wildman–Crippen MR) is 78.1 cm³/mol. The van der Waals surface area contributed by atoms with Gasteiger partial charge in [-0.2, -0.15) is 0 Å². The van der Waals surface area contributed by atoms with Crippen LogP contribution in [0, 0.1) is 12.3 Å². The summed E-state index contributed by atoms with van der Waals surface area (Å²) in [5.74, 6) is 1.31. The first-order chi connectivity index (χ1) is 9.49. The van der Waals surface area contributed by atoms with Crippen LogP contribution in [-0.2, 0) is 0 Å². The van der Waals surface area contributed by atoms with Gasteiger partial charge in [-0.25, -0.2) is 9.59 Å². The van der Waals surface area contributed by atoms with E-state index in [4.69, 9.17) is 23.1 Å². The molecule has 0 aliphatic heterocycles. The molecule has 2 N–H and O–H groups in total. The van der Waals surface area contributed by atoms with Crippen molar-refractivity contribution in [2.75, 3.05) is 18.4 Å². The number of anilines is 1. The molecular weight excluding hydrogens is 280 g/mol. The van der Waals surface area contributed by atoms with Gasteiger partial charge in [-0.05, 0) is 24.6 Å². The number of benzene rings is 1. The Morgan fingerprint density at radius 3 is 2.75 bits per heavy atom. The van der Waals surface area contributed by atoms with Crippen molar-refractivity contribution in [1.29, 1.82) is 0 Å². The van der Waals surface area contributed by atoms with Gasteiger partial charge in [-0.3, -0.25) is 0 Å². The highest BCUT2D eigenvalue weighted by Gasteiger charge is 2.14. The molecule has 106 valence electrons. The van der Waals surface area contributed by atoms with Gasteiger partial charge >= 0.3 is 12.0 Å². The van der Waals surface area contributed by atoms with E-state index in [0.29, 0.717) is 6.54 Å². The molecule has 0 radical (unpaired) electrons. The van der Waals surface area contributed by atoms with E-state index in [1.54, 1.807) is 0 Å². The number of nitrogens with zero attached hydrogens (tertiary/aromatic N) is 1. The Hall–Kier alpha value is -2.19. The number of carbonyl (C=O) groups is 2. The average molecular weight is 295 g/mol. The van der Waals surface area contributed by atoms with Gasteiger partial charge in [0.2, 0.25) is 0 Å². The quantitative estimate of drug-likeness (QED) is 0.820. The number of amides is 2. The van der Waals surface area contributed by atoms with Gasteiger partial charge in [0.1, 0.15) is 0 Å². The van der Waals surface area contributed by atoms with Crippen molar-refractivity contribution in [2.24, 2.45) is 0 Å². The van der Waals surface area contributed by atoms with Crippen LogP contribution in [0.3, 0.4) is 0 Å². The number of rotatable bonds is 5. The molecule has 1 aromatic rings. The summed E-state index contributed by atoms with van der Waals surface area (Å²) in [6.45, 7) is 2.61. The minimum atomic E-state index is -1.09. The lowest BCUT2D eigenvalue weighted by molar-refractivity contribution is 0.0697. The second-order valence-corrected chi connectivity index (χ2v) is 4.46. The molecule has 0 aliphatic rings. The van der Waals surface area contributed by atoms with Gasteiger partial charge in [0.05, 0.1) is 22.8 Å². The third-order valence-electron chi connectivity index (χ3n) is 2.52. The Balaban J connectivity index is 2.91. The number of halogens is 1. The maximum absolute atomic E-state index is 12.0. The summed E-state index contributed by atoms with van der Waals surface area (Å²) in [7, 11) is 0. The van der Waals surface area contributed by atoms with E-state index in [2.05, 4.69) is 11.2 Å². The van der Waals surface area contributed by atoms with Crippen LogP contribution in [0.2, 0.25) is 5.02 Å². The van der Waals surface area contributed by atoms with Crippen molar-refractivity contribution in [3.8, 4) is 12.3 Å². The first-order valence-corrected chi connectivity index (χ1v) is 6.39. The molecule has 0 bridgehead atoms. The molecule has 1 aromatic carbocycles. The molecule has 0 unspecified atom stereocenters. The van der Waals surface area contributed by atoms with Crippen LogP contribution in [0.25, 0.3) is 0 Å². The van der Waals surface area contributed by atoms with Gasteiger partial charge in [0.25, 0.3) is 0 Å². The first kappa shape index (κ1) is 15.9. The van der Waals surface area contributed by atoms with Crippen molar-refractivity contribution in [3.05, 3.63) is 28.8 Å². The van der Waals surface area contributed by atoms with Crippen LogP contribution in [0.5, 0.6) is 0 Å². The fourth-order valence-electron chi connectivity index (χ4n) is 1.58. The molecule has 0 atom stereocenters. The molecular formula is C14H15ClN2O3.